The molecule has 0 saturated heterocycles. The van der Waals surface area contributed by atoms with Gasteiger partial charge in [-0.05, 0) is 31.1 Å². The fraction of sp³-hybridized carbons (Fsp3) is 0.867. The van der Waals surface area contributed by atoms with Crippen LogP contribution in [0.2, 0.25) is 0 Å². The third-order valence-electron chi connectivity index (χ3n) is 3.91. The smallest absolute Gasteiger partial charge is 0.407 e. The lowest BCUT2D eigenvalue weighted by Crippen LogP contribution is -2.51. The number of nitrogens with one attached hydrogen (secondary N) is 1. The summed E-state index contributed by atoms with van der Waals surface area (Å²) in [7, 11) is 0. The molecule has 1 saturated carbocycles. The normalized spacial score (nSPS) is 19.8. The largest absolute Gasteiger partial charge is 0.449 e. The van der Waals surface area contributed by atoms with Gasteiger partial charge in [0.1, 0.15) is 0 Å². The van der Waals surface area contributed by atoms with Crippen LogP contribution in [0.4, 0.5) is 4.79 Å². The first kappa shape index (κ1) is 16.0. The Morgan fingerprint density at radius 2 is 1.79 bits per heavy atom. The van der Waals surface area contributed by atoms with Crippen LogP contribution < -0.4 is 5.32 Å². The van der Waals surface area contributed by atoms with Crippen molar-refractivity contribution in [2.75, 3.05) is 6.61 Å². The fourth-order valence-corrected chi connectivity index (χ4v) is 2.82. The number of Topliss-reactive ketones (excluding diaryl/α,β-unsaturated/α-hetero) is 1. The maximum atomic E-state index is 11.9. The lowest BCUT2D eigenvalue weighted by atomic mass is 9.69. The van der Waals surface area contributed by atoms with E-state index in [9.17, 15) is 9.59 Å². The average molecular weight is 269 g/mol. The summed E-state index contributed by atoms with van der Waals surface area (Å²) in [5.41, 5.74) is -0.124. The van der Waals surface area contributed by atoms with Gasteiger partial charge in [-0.3, -0.25) is 4.79 Å². The standard InChI is InChI=1S/C15H27NO3/c1-11(2)10-19-14(18)16-13(12(3)17)15(4)8-6-5-7-9-15/h11,13H,5-10H2,1-4H3,(H,16,18)/t13-/m1/s1. The zero-order valence-electron chi connectivity index (χ0n) is 12.6. The first-order valence-electron chi connectivity index (χ1n) is 7.29. The molecule has 0 aliphatic heterocycles. The minimum atomic E-state index is -0.472. The van der Waals surface area contributed by atoms with Crippen molar-refractivity contribution in [1.29, 1.82) is 0 Å². The zero-order valence-corrected chi connectivity index (χ0v) is 12.6. The second-order valence-electron chi connectivity index (χ2n) is 6.39. The maximum Gasteiger partial charge on any atom is 0.407 e. The molecule has 0 heterocycles. The van der Waals surface area contributed by atoms with E-state index in [0.29, 0.717) is 12.5 Å². The van der Waals surface area contributed by atoms with Gasteiger partial charge in [-0.25, -0.2) is 4.79 Å². The van der Waals surface area contributed by atoms with Crippen molar-refractivity contribution >= 4 is 11.9 Å². The van der Waals surface area contributed by atoms with Gasteiger partial charge >= 0.3 is 6.09 Å². The Labute approximate surface area is 116 Å². The van der Waals surface area contributed by atoms with Gasteiger partial charge in [-0.2, -0.15) is 0 Å². The molecule has 4 nitrogen and oxygen atoms in total. The highest BCUT2D eigenvalue weighted by Crippen LogP contribution is 2.39. The maximum absolute atomic E-state index is 11.9. The molecule has 1 rings (SSSR count). The molecule has 0 spiro atoms. The van der Waals surface area contributed by atoms with Crippen LogP contribution >= 0.6 is 0 Å². The van der Waals surface area contributed by atoms with Crippen molar-refractivity contribution in [3.05, 3.63) is 0 Å². The predicted molar refractivity (Wildman–Crippen MR) is 75.0 cm³/mol. The van der Waals surface area contributed by atoms with Gasteiger partial charge in [0.2, 0.25) is 0 Å². The Morgan fingerprint density at radius 1 is 1.21 bits per heavy atom. The molecule has 4 heteroatoms. The van der Waals surface area contributed by atoms with Gasteiger partial charge < -0.3 is 10.1 Å². The molecule has 1 fully saturated rings. The predicted octanol–water partition coefficient (Wildman–Crippen LogP) is 3.30. The number of alkyl carbamates (subject to hydrolysis) is 1. The van der Waals surface area contributed by atoms with Crippen LogP contribution in [0.15, 0.2) is 0 Å². The molecule has 0 aromatic heterocycles. The molecule has 110 valence electrons. The van der Waals surface area contributed by atoms with Crippen molar-refractivity contribution in [2.24, 2.45) is 11.3 Å². The second-order valence-corrected chi connectivity index (χ2v) is 6.39. The summed E-state index contributed by atoms with van der Waals surface area (Å²) in [5.74, 6) is 0.317. The van der Waals surface area contributed by atoms with Gasteiger partial charge in [0.15, 0.2) is 5.78 Å². The number of hydrogen-bond donors (Lipinski definition) is 1. The molecule has 1 atom stereocenters. The van der Waals surface area contributed by atoms with Crippen molar-refractivity contribution in [2.45, 2.75) is 65.8 Å². The highest BCUT2D eigenvalue weighted by Gasteiger charge is 2.39. The quantitative estimate of drug-likeness (QED) is 0.833. The monoisotopic (exact) mass is 269 g/mol. The first-order valence-corrected chi connectivity index (χ1v) is 7.29. The highest BCUT2D eigenvalue weighted by molar-refractivity contribution is 5.86. The minimum absolute atomic E-state index is 0.0193. The number of ether oxygens (including phenoxy) is 1. The molecule has 0 radical (unpaired) electrons. The van der Waals surface area contributed by atoms with E-state index in [1.807, 2.05) is 13.8 Å². The van der Waals surface area contributed by atoms with Gasteiger partial charge in [-0.1, -0.05) is 40.0 Å². The number of carbonyl (C=O) groups excluding carboxylic acids is 2. The number of hydrogen-bond acceptors (Lipinski definition) is 3. The van der Waals surface area contributed by atoms with Crippen LogP contribution in [0.3, 0.4) is 0 Å². The van der Waals surface area contributed by atoms with Crippen molar-refractivity contribution in [3.63, 3.8) is 0 Å². The third kappa shape index (κ3) is 4.84. The van der Waals surface area contributed by atoms with E-state index in [2.05, 4.69) is 12.2 Å². The van der Waals surface area contributed by atoms with E-state index in [0.717, 1.165) is 25.7 Å². The van der Waals surface area contributed by atoms with Gasteiger partial charge in [-0.15, -0.1) is 0 Å². The lowest BCUT2D eigenvalue weighted by Gasteiger charge is -2.39. The van der Waals surface area contributed by atoms with Crippen molar-refractivity contribution in [1.82, 2.24) is 5.32 Å². The lowest BCUT2D eigenvalue weighted by molar-refractivity contribution is -0.122. The van der Waals surface area contributed by atoms with Crippen LogP contribution in [0, 0.1) is 11.3 Å². The van der Waals surface area contributed by atoms with Crippen LogP contribution in [0.5, 0.6) is 0 Å². The topological polar surface area (TPSA) is 55.4 Å². The highest BCUT2D eigenvalue weighted by atomic mass is 16.5. The van der Waals surface area contributed by atoms with Crippen molar-refractivity contribution in [3.8, 4) is 0 Å². The van der Waals surface area contributed by atoms with Crippen LogP contribution in [0.25, 0.3) is 0 Å². The third-order valence-corrected chi connectivity index (χ3v) is 3.91. The Hall–Kier alpha value is -1.06. The second kappa shape index (κ2) is 6.92. The fourth-order valence-electron chi connectivity index (χ4n) is 2.82. The summed E-state index contributed by atoms with van der Waals surface area (Å²) >= 11 is 0. The van der Waals surface area contributed by atoms with E-state index >= 15 is 0 Å². The minimum Gasteiger partial charge on any atom is -0.449 e. The van der Waals surface area contributed by atoms with Crippen LogP contribution in [-0.2, 0) is 9.53 Å². The van der Waals surface area contributed by atoms with E-state index in [1.165, 1.54) is 6.42 Å². The molecule has 0 aromatic rings. The number of amides is 1. The summed E-state index contributed by atoms with van der Waals surface area (Å²) in [4.78, 5) is 23.6. The summed E-state index contributed by atoms with van der Waals surface area (Å²) < 4.78 is 5.12. The van der Waals surface area contributed by atoms with E-state index in [1.54, 1.807) is 6.92 Å². The summed E-state index contributed by atoms with van der Waals surface area (Å²) in [6.45, 7) is 8.00. The first-order chi connectivity index (χ1) is 8.85. The summed E-state index contributed by atoms with van der Waals surface area (Å²) in [5, 5.41) is 2.77. The van der Waals surface area contributed by atoms with Gasteiger partial charge in [0.05, 0.1) is 12.6 Å². The molecule has 1 aliphatic carbocycles. The summed E-state index contributed by atoms with van der Waals surface area (Å²) in [6.07, 6.45) is 4.98. The van der Waals surface area contributed by atoms with Crippen LogP contribution in [0.1, 0.15) is 59.8 Å². The molecule has 0 unspecified atom stereocenters. The molecular weight excluding hydrogens is 242 g/mol. The van der Waals surface area contributed by atoms with E-state index in [-0.39, 0.29) is 11.2 Å². The van der Waals surface area contributed by atoms with E-state index in [4.69, 9.17) is 4.74 Å². The van der Waals surface area contributed by atoms with Crippen LogP contribution in [-0.4, -0.2) is 24.5 Å². The number of ketones is 1. The molecule has 19 heavy (non-hydrogen) atoms. The SMILES string of the molecule is CC(=O)[C@@H](NC(=O)OCC(C)C)C1(C)CCCCC1. The molecular formula is C15H27NO3. The Bertz CT molecular complexity index is 319. The molecule has 0 aromatic carbocycles. The van der Waals surface area contributed by atoms with Gasteiger partial charge in [0, 0.05) is 0 Å². The van der Waals surface area contributed by atoms with Crippen molar-refractivity contribution < 1.29 is 14.3 Å². The molecule has 1 amide bonds. The Kier molecular flexibility index (Phi) is 5.83. The zero-order chi connectivity index (χ0) is 14.5. The molecule has 1 aliphatic rings. The van der Waals surface area contributed by atoms with E-state index < -0.39 is 12.1 Å². The number of rotatable bonds is 5. The summed E-state index contributed by atoms with van der Waals surface area (Å²) in [6, 6.07) is -0.424. The molecule has 1 N–H and O–H groups in total. The average Bonchev–Trinajstić information content (AvgIpc) is 2.33. The molecule has 0 bridgehead atoms. The van der Waals surface area contributed by atoms with Gasteiger partial charge in [0.25, 0.3) is 0 Å². The number of carbonyl (C=O) groups is 2. The Balaban J connectivity index is 2.62. The Morgan fingerprint density at radius 3 is 2.26 bits per heavy atom.